The monoisotopic (exact) mass is 258 g/mol. The van der Waals surface area contributed by atoms with Gasteiger partial charge in [0, 0.05) is 6.42 Å². The van der Waals surface area contributed by atoms with Crippen LogP contribution < -0.4 is 0 Å². The van der Waals surface area contributed by atoms with Crippen molar-refractivity contribution in [1.82, 2.24) is 0 Å². The molecule has 1 fully saturated rings. The summed E-state index contributed by atoms with van der Waals surface area (Å²) in [5, 5.41) is 21.9. The maximum absolute atomic E-state index is 9.86. The van der Waals surface area contributed by atoms with Crippen LogP contribution in [-0.4, -0.2) is 28.5 Å². The summed E-state index contributed by atoms with van der Waals surface area (Å²) in [6, 6.07) is 14.4. The second-order valence-electron chi connectivity index (χ2n) is 5.23. The Balaban J connectivity index is 1.91. The fraction of sp³-hybridized carbons (Fsp3) is 0.375. The third-order valence-electron chi connectivity index (χ3n) is 3.85. The van der Waals surface area contributed by atoms with Crippen molar-refractivity contribution in [2.45, 2.75) is 37.8 Å². The highest BCUT2D eigenvalue weighted by Crippen LogP contribution is 2.33. The average Bonchev–Trinajstić information content (AvgIpc) is 2.43. The van der Waals surface area contributed by atoms with Crippen molar-refractivity contribution in [2.75, 3.05) is 0 Å². The van der Waals surface area contributed by atoms with Gasteiger partial charge in [0.1, 0.15) is 6.10 Å². The van der Waals surface area contributed by atoms with Gasteiger partial charge in [-0.05, 0) is 29.3 Å². The van der Waals surface area contributed by atoms with Crippen LogP contribution in [0.1, 0.15) is 25.0 Å². The van der Waals surface area contributed by atoms with Crippen molar-refractivity contribution in [2.24, 2.45) is 0 Å². The average molecular weight is 258 g/mol. The molecular formula is C16H18O3. The Labute approximate surface area is 112 Å². The fourth-order valence-electron chi connectivity index (χ4n) is 2.69. The molecule has 1 aliphatic rings. The number of hydrogen-bond acceptors (Lipinski definition) is 3. The molecule has 0 spiro atoms. The molecule has 100 valence electrons. The van der Waals surface area contributed by atoms with Gasteiger partial charge in [-0.15, -0.1) is 0 Å². The smallest absolute Gasteiger partial charge is 0.106 e. The minimum absolute atomic E-state index is 0.155. The Kier molecular flexibility index (Phi) is 3.27. The largest absolute Gasteiger partial charge is 0.390 e. The molecule has 0 radical (unpaired) electrons. The SMILES string of the molecule is C[C@H]1O[C@@H](c2ccc3ccccc3c2)C[C@H](O)[C@@H]1O. The molecule has 0 unspecified atom stereocenters. The van der Waals surface area contributed by atoms with E-state index in [1.54, 1.807) is 6.92 Å². The number of hydrogen-bond donors (Lipinski definition) is 2. The number of aliphatic hydroxyl groups excluding tert-OH is 2. The molecule has 3 rings (SSSR count). The van der Waals surface area contributed by atoms with E-state index in [1.807, 2.05) is 18.2 Å². The molecule has 0 bridgehead atoms. The Bertz CT molecular complexity index is 569. The molecule has 2 aromatic rings. The highest BCUT2D eigenvalue weighted by molar-refractivity contribution is 5.83. The Morgan fingerprint density at radius 2 is 1.79 bits per heavy atom. The van der Waals surface area contributed by atoms with Crippen molar-refractivity contribution in [3.63, 3.8) is 0 Å². The van der Waals surface area contributed by atoms with Gasteiger partial charge in [-0.25, -0.2) is 0 Å². The lowest BCUT2D eigenvalue weighted by Gasteiger charge is -2.35. The first kappa shape index (κ1) is 12.6. The number of ether oxygens (including phenoxy) is 1. The molecular weight excluding hydrogens is 240 g/mol. The summed E-state index contributed by atoms with van der Waals surface area (Å²) in [5.74, 6) is 0. The van der Waals surface area contributed by atoms with E-state index < -0.39 is 12.2 Å². The van der Waals surface area contributed by atoms with E-state index in [0.29, 0.717) is 6.42 Å². The molecule has 0 aliphatic carbocycles. The zero-order valence-corrected chi connectivity index (χ0v) is 10.9. The van der Waals surface area contributed by atoms with Crippen LogP contribution in [0.5, 0.6) is 0 Å². The molecule has 0 aromatic heterocycles. The molecule has 2 N–H and O–H groups in total. The van der Waals surface area contributed by atoms with E-state index in [9.17, 15) is 10.2 Å². The zero-order valence-electron chi connectivity index (χ0n) is 10.9. The maximum Gasteiger partial charge on any atom is 0.106 e. The predicted molar refractivity (Wildman–Crippen MR) is 73.9 cm³/mol. The summed E-state index contributed by atoms with van der Waals surface area (Å²) in [7, 11) is 0. The molecule has 2 aromatic carbocycles. The topological polar surface area (TPSA) is 49.7 Å². The Morgan fingerprint density at radius 3 is 2.53 bits per heavy atom. The molecule has 1 heterocycles. The van der Waals surface area contributed by atoms with Crippen LogP contribution in [0.2, 0.25) is 0 Å². The summed E-state index contributed by atoms with van der Waals surface area (Å²) in [6.45, 7) is 1.79. The standard InChI is InChI=1S/C16H18O3/c1-10-16(18)14(17)9-15(19-10)13-7-6-11-4-2-3-5-12(11)8-13/h2-8,10,14-18H,9H2,1H3/t10-,14+,15-,16-/m1/s1. The molecule has 1 aliphatic heterocycles. The van der Waals surface area contributed by atoms with Crippen molar-refractivity contribution in [3.05, 3.63) is 48.0 Å². The molecule has 1 saturated heterocycles. The highest BCUT2D eigenvalue weighted by Gasteiger charge is 2.34. The zero-order chi connectivity index (χ0) is 13.4. The van der Waals surface area contributed by atoms with Crippen molar-refractivity contribution in [3.8, 4) is 0 Å². The van der Waals surface area contributed by atoms with E-state index in [4.69, 9.17) is 4.74 Å². The first-order valence-corrected chi connectivity index (χ1v) is 6.65. The Morgan fingerprint density at radius 1 is 1.05 bits per heavy atom. The molecule has 19 heavy (non-hydrogen) atoms. The molecule has 0 amide bonds. The van der Waals surface area contributed by atoms with Crippen LogP contribution in [0, 0.1) is 0 Å². The van der Waals surface area contributed by atoms with Crippen LogP contribution in [0.3, 0.4) is 0 Å². The van der Waals surface area contributed by atoms with Gasteiger partial charge in [0.05, 0.1) is 18.3 Å². The van der Waals surface area contributed by atoms with Crippen LogP contribution in [-0.2, 0) is 4.74 Å². The van der Waals surface area contributed by atoms with Crippen molar-refractivity contribution < 1.29 is 14.9 Å². The summed E-state index contributed by atoms with van der Waals surface area (Å²) in [4.78, 5) is 0. The third kappa shape index (κ3) is 2.37. The van der Waals surface area contributed by atoms with E-state index in [1.165, 1.54) is 5.39 Å². The molecule has 3 heteroatoms. The second-order valence-corrected chi connectivity index (χ2v) is 5.23. The van der Waals surface area contributed by atoms with Gasteiger partial charge in [0.2, 0.25) is 0 Å². The predicted octanol–water partition coefficient (Wildman–Crippen LogP) is 2.41. The van der Waals surface area contributed by atoms with E-state index >= 15 is 0 Å². The second kappa shape index (κ2) is 4.93. The van der Waals surface area contributed by atoms with Gasteiger partial charge in [-0.3, -0.25) is 0 Å². The minimum Gasteiger partial charge on any atom is -0.390 e. The summed E-state index contributed by atoms with van der Waals surface area (Å²) in [5.41, 5.74) is 1.05. The molecule has 3 nitrogen and oxygen atoms in total. The van der Waals surface area contributed by atoms with E-state index in [-0.39, 0.29) is 12.2 Å². The van der Waals surface area contributed by atoms with Gasteiger partial charge in [-0.2, -0.15) is 0 Å². The minimum atomic E-state index is -0.795. The Hall–Kier alpha value is -1.42. The number of benzene rings is 2. The lowest BCUT2D eigenvalue weighted by molar-refractivity contribution is -0.163. The quantitative estimate of drug-likeness (QED) is 0.826. The fourth-order valence-corrected chi connectivity index (χ4v) is 2.69. The van der Waals surface area contributed by atoms with Crippen LogP contribution in [0.4, 0.5) is 0 Å². The van der Waals surface area contributed by atoms with Gasteiger partial charge in [0.25, 0.3) is 0 Å². The lowest BCUT2D eigenvalue weighted by atomic mass is 9.93. The van der Waals surface area contributed by atoms with Crippen LogP contribution in [0.15, 0.2) is 42.5 Å². The summed E-state index contributed by atoms with van der Waals surface area (Å²) in [6.07, 6.45) is -1.58. The molecule has 0 saturated carbocycles. The maximum atomic E-state index is 9.86. The van der Waals surface area contributed by atoms with Gasteiger partial charge < -0.3 is 14.9 Å². The molecule has 4 atom stereocenters. The number of rotatable bonds is 1. The number of aliphatic hydroxyl groups is 2. The first-order chi connectivity index (χ1) is 9.15. The van der Waals surface area contributed by atoms with Crippen LogP contribution in [0.25, 0.3) is 10.8 Å². The normalized spacial score (nSPS) is 31.5. The van der Waals surface area contributed by atoms with Crippen molar-refractivity contribution >= 4 is 10.8 Å². The van der Waals surface area contributed by atoms with E-state index in [2.05, 4.69) is 24.3 Å². The van der Waals surface area contributed by atoms with Crippen LogP contribution >= 0.6 is 0 Å². The summed E-state index contributed by atoms with van der Waals surface area (Å²) < 4.78 is 5.79. The van der Waals surface area contributed by atoms with Crippen molar-refractivity contribution in [1.29, 1.82) is 0 Å². The summed E-state index contributed by atoms with van der Waals surface area (Å²) >= 11 is 0. The first-order valence-electron chi connectivity index (χ1n) is 6.65. The van der Waals surface area contributed by atoms with E-state index in [0.717, 1.165) is 10.9 Å². The van der Waals surface area contributed by atoms with Gasteiger partial charge in [0.15, 0.2) is 0 Å². The number of fused-ring (bicyclic) bond motifs is 1. The van der Waals surface area contributed by atoms with Gasteiger partial charge >= 0.3 is 0 Å². The highest BCUT2D eigenvalue weighted by atomic mass is 16.5. The van der Waals surface area contributed by atoms with Gasteiger partial charge in [-0.1, -0.05) is 36.4 Å². The lowest BCUT2D eigenvalue weighted by Crippen LogP contribution is -2.43. The third-order valence-corrected chi connectivity index (χ3v) is 3.85.